The Bertz CT molecular complexity index is 1030. The molecule has 3 heterocycles. The number of carbonyl (C=O) groups is 1. The summed E-state index contributed by atoms with van der Waals surface area (Å²) in [4.78, 5) is 16.3. The Morgan fingerprint density at radius 1 is 1.03 bits per heavy atom. The van der Waals surface area contributed by atoms with E-state index in [1.54, 1.807) is 27.8 Å². The van der Waals surface area contributed by atoms with E-state index < -0.39 is 0 Å². The molecule has 0 bridgehead atoms. The minimum Gasteiger partial charge on any atom is -0.482 e. The van der Waals surface area contributed by atoms with Crippen LogP contribution in [0.2, 0.25) is 10.0 Å². The first-order valence-corrected chi connectivity index (χ1v) is 10.2. The number of hydrogen-bond donors (Lipinski definition) is 0. The van der Waals surface area contributed by atoms with Crippen LogP contribution < -0.4 is 9.64 Å². The van der Waals surface area contributed by atoms with Gasteiger partial charge in [0.25, 0.3) is 5.91 Å². The van der Waals surface area contributed by atoms with Crippen LogP contribution in [0.4, 0.5) is 5.82 Å². The summed E-state index contributed by atoms with van der Waals surface area (Å²) in [5.74, 6) is 1.80. The Morgan fingerprint density at radius 3 is 2.40 bits per heavy atom. The lowest BCUT2D eigenvalue weighted by Gasteiger charge is -2.35. The van der Waals surface area contributed by atoms with Gasteiger partial charge in [0.15, 0.2) is 18.2 Å². The third-order valence-electron chi connectivity index (χ3n) is 4.79. The number of piperazine rings is 1. The first-order chi connectivity index (χ1) is 14.5. The van der Waals surface area contributed by atoms with E-state index in [0.717, 1.165) is 11.5 Å². The second-order valence-corrected chi connectivity index (χ2v) is 7.73. The van der Waals surface area contributed by atoms with Gasteiger partial charge in [-0.15, -0.1) is 10.2 Å². The SMILES string of the molecule is Cc1ccn(-c2ccc(N3CCN(C(=O)COc4ccc(Cl)cc4Cl)CC3)nn2)n1. The van der Waals surface area contributed by atoms with Crippen molar-refractivity contribution in [3.8, 4) is 11.6 Å². The Hall–Kier alpha value is -2.84. The summed E-state index contributed by atoms with van der Waals surface area (Å²) >= 11 is 12.0. The summed E-state index contributed by atoms with van der Waals surface area (Å²) in [6.45, 7) is 4.36. The van der Waals surface area contributed by atoms with Crippen LogP contribution in [-0.4, -0.2) is 63.6 Å². The van der Waals surface area contributed by atoms with Gasteiger partial charge in [-0.1, -0.05) is 23.2 Å². The number of amides is 1. The highest BCUT2D eigenvalue weighted by Gasteiger charge is 2.22. The highest BCUT2D eigenvalue weighted by molar-refractivity contribution is 6.35. The van der Waals surface area contributed by atoms with Gasteiger partial charge < -0.3 is 14.5 Å². The Balaban J connectivity index is 1.29. The number of ether oxygens (including phenoxy) is 1. The molecule has 30 heavy (non-hydrogen) atoms. The highest BCUT2D eigenvalue weighted by atomic mass is 35.5. The monoisotopic (exact) mass is 446 g/mol. The molecular formula is C20H20Cl2N6O2. The summed E-state index contributed by atoms with van der Waals surface area (Å²) in [6, 6.07) is 10.6. The predicted octanol–water partition coefficient (Wildman–Crippen LogP) is 3.01. The highest BCUT2D eigenvalue weighted by Crippen LogP contribution is 2.27. The fraction of sp³-hybridized carbons (Fsp3) is 0.300. The standard InChI is InChI=1S/C20H20Cl2N6O2/c1-14-6-7-28(25-14)19-5-4-18(23-24-19)26-8-10-27(11-9-26)20(29)13-30-17-3-2-15(21)12-16(17)22/h2-7,12H,8-11,13H2,1H3. The molecule has 0 radical (unpaired) electrons. The van der Waals surface area contributed by atoms with Gasteiger partial charge in [0.1, 0.15) is 5.75 Å². The van der Waals surface area contributed by atoms with E-state index in [-0.39, 0.29) is 12.5 Å². The number of hydrogen-bond acceptors (Lipinski definition) is 6. The van der Waals surface area contributed by atoms with Crippen LogP contribution in [0.3, 0.4) is 0 Å². The zero-order valence-electron chi connectivity index (χ0n) is 16.3. The molecule has 156 valence electrons. The second-order valence-electron chi connectivity index (χ2n) is 6.88. The maximum absolute atomic E-state index is 12.5. The van der Waals surface area contributed by atoms with Crippen LogP contribution in [-0.2, 0) is 4.79 Å². The number of aryl methyl sites for hydroxylation is 1. The van der Waals surface area contributed by atoms with E-state index in [2.05, 4.69) is 20.2 Å². The van der Waals surface area contributed by atoms with Crippen molar-refractivity contribution in [2.45, 2.75) is 6.92 Å². The molecule has 8 nitrogen and oxygen atoms in total. The molecular weight excluding hydrogens is 427 g/mol. The van der Waals surface area contributed by atoms with E-state index in [0.29, 0.717) is 47.8 Å². The zero-order valence-corrected chi connectivity index (χ0v) is 17.8. The average molecular weight is 447 g/mol. The van der Waals surface area contributed by atoms with Crippen molar-refractivity contribution in [2.75, 3.05) is 37.7 Å². The van der Waals surface area contributed by atoms with Crippen LogP contribution in [0.1, 0.15) is 5.69 Å². The molecule has 1 saturated heterocycles. The van der Waals surface area contributed by atoms with Gasteiger partial charge in [-0.2, -0.15) is 5.10 Å². The molecule has 0 unspecified atom stereocenters. The van der Waals surface area contributed by atoms with E-state index in [4.69, 9.17) is 27.9 Å². The van der Waals surface area contributed by atoms with Crippen molar-refractivity contribution in [1.82, 2.24) is 24.9 Å². The third-order valence-corrected chi connectivity index (χ3v) is 5.33. The first kappa shape index (κ1) is 20.4. The molecule has 1 aromatic carbocycles. The van der Waals surface area contributed by atoms with Crippen LogP contribution in [0.5, 0.6) is 5.75 Å². The zero-order chi connectivity index (χ0) is 21.1. The van der Waals surface area contributed by atoms with Crippen molar-refractivity contribution in [2.24, 2.45) is 0 Å². The molecule has 1 aliphatic rings. The number of rotatable bonds is 5. The van der Waals surface area contributed by atoms with Gasteiger partial charge in [-0.25, -0.2) is 4.68 Å². The number of benzene rings is 1. The molecule has 0 spiro atoms. The summed E-state index contributed by atoms with van der Waals surface area (Å²) in [5.41, 5.74) is 0.920. The Kier molecular flexibility index (Phi) is 6.06. The van der Waals surface area contributed by atoms with Gasteiger partial charge in [0, 0.05) is 37.4 Å². The number of anilines is 1. The molecule has 2 aromatic heterocycles. The lowest BCUT2D eigenvalue weighted by molar-refractivity contribution is -0.133. The largest absolute Gasteiger partial charge is 0.482 e. The molecule has 1 fully saturated rings. The van der Waals surface area contributed by atoms with Crippen molar-refractivity contribution >= 4 is 34.9 Å². The van der Waals surface area contributed by atoms with Crippen molar-refractivity contribution in [3.63, 3.8) is 0 Å². The van der Waals surface area contributed by atoms with Crippen LogP contribution in [0.25, 0.3) is 5.82 Å². The van der Waals surface area contributed by atoms with Gasteiger partial charge in [0.05, 0.1) is 10.7 Å². The summed E-state index contributed by atoms with van der Waals surface area (Å²) in [7, 11) is 0. The number of nitrogens with zero attached hydrogens (tertiary/aromatic N) is 6. The smallest absolute Gasteiger partial charge is 0.260 e. The maximum Gasteiger partial charge on any atom is 0.260 e. The minimum atomic E-state index is -0.0869. The summed E-state index contributed by atoms with van der Waals surface area (Å²) < 4.78 is 7.24. The first-order valence-electron chi connectivity index (χ1n) is 9.46. The molecule has 10 heteroatoms. The van der Waals surface area contributed by atoms with E-state index in [1.165, 1.54) is 0 Å². The van der Waals surface area contributed by atoms with Crippen LogP contribution in [0.15, 0.2) is 42.6 Å². The van der Waals surface area contributed by atoms with Crippen LogP contribution in [0, 0.1) is 6.92 Å². The van der Waals surface area contributed by atoms with Gasteiger partial charge in [-0.05, 0) is 43.3 Å². The quantitative estimate of drug-likeness (QED) is 0.599. The summed E-state index contributed by atoms with van der Waals surface area (Å²) in [5, 5.41) is 13.8. The van der Waals surface area contributed by atoms with Gasteiger partial charge >= 0.3 is 0 Å². The van der Waals surface area contributed by atoms with Crippen molar-refractivity contribution in [3.05, 3.63) is 58.3 Å². The Labute approximate surface area is 184 Å². The predicted molar refractivity (Wildman–Crippen MR) is 115 cm³/mol. The van der Waals surface area contributed by atoms with Gasteiger partial charge in [0.2, 0.25) is 0 Å². The van der Waals surface area contributed by atoms with E-state index in [1.807, 2.05) is 31.3 Å². The third kappa shape index (κ3) is 4.66. The summed E-state index contributed by atoms with van der Waals surface area (Å²) in [6.07, 6.45) is 1.85. The fourth-order valence-electron chi connectivity index (χ4n) is 3.16. The number of aromatic nitrogens is 4. The normalized spacial score (nSPS) is 14.1. The lowest BCUT2D eigenvalue weighted by atomic mass is 10.3. The number of halogens is 2. The number of carbonyl (C=O) groups excluding carboxylic acids is 1. The molecule has 1 aliphatic heterocycles. The van der Waals surface area contributed by atoms with Crippen molar-refractivity contribution in [1.29, 1.82) is 0 Å². The van der Waals surface area contributed by atoms with E-state index in [9.17, 15) is 4.79 Å². The molecule has 0 saturated carbocycles. The molecule has 4 rings (SSSR count). The van der Waals surface area contributed by atoms with E-state index >= 15 is 0 Å². The van der Waals surface area contributed by atoms with Crippen molar-refractivity contribution < 1.29 is 9.53 Å². The second kappa shape index (κ2) is 8.89. The lowest BCUT2D eigenvalue weighted by Crippen LogP contribution is -2.50. The molecule has 0 atom stereocenters. The van der Waals surface area contributed by atoms with Gasteiger partial charge in [-0.3, -0.25) is 4.79 Å². The van der Waals surface area contributed by atoms with Crippen LogP contribution >= 0.6 is 23.2 Å². The fourth-order valence-corrected chi connectivity index (χ4v) is 3.62. The average Bonchev–Trinajstić information content (AvgIpc) is 3.19. The maximum atomic E-state index is 12.5. The topological polar surface area (TPSA) is 76.4 Å². The Morgan fingerprint density at radius 2 is 1.77 bits per heavy atom. The molecule has 1 amide bonds. The molecule has 0 N–H and O–H groups in total. The minimum absolute atomic E-state index is 0.0703. The molecule has 3 aromatic rings. The molecule has 0 aliphatic carbocycles.